The largest absolute Gasteiger partial charge is 0.385 e. The molecule has 0 amide bonds. The summed E-state index contributed by atoms with van der Waals surface area (Å²) in [6, 6.07) is 2.10. The Morgan fingerprint density at radius 1 is 1.40 bits per heavy atom. The van der Waals surface area contributed by atoms with Crippen molar-refractivity contribution in [2.75, 3.05) is 20.3 Å². The smallest absolute Gasteiger partial charge is 0.0462 e. The molecule has 0 aromatic carbocycles. The zero-order chi connectivity index (χ0) is 10.9. The first-order valence-electron chi connectivity index (χ1n) is 5.26. The van der Waals surface area contributed by atoms with Crippen molar-refractivity contribution in [3.05, 3.63) is 20.8 Å². The number of hydrogen-bond acceptors (Lipinski definition) is 3. The quantitative estimate of drug-likeness (QED) is 0.741. The van der Waals surface area contributed by atoms with Crippen molar-refractivity contribution in [1.82, 2.24) is 5.32 Å². The van der Waals surface area contributed by atoms with Crippen LogP contribution in [-0.4, -0.2) is 20.3 Å². The van der Waals surface area contributed by atoms with Crippen LogP contribution in [0.4, 0.5) is 0 Å². The summed E-state index contributed by atoms with van der Waals surface area (Å²) in [5, 5.41) is 5.56. The molecule has 0 aliphatic carbocycles. The van der Waals surface area contributed by atoms with E-state index in [1.54, 1.807) is 18.4 Å². The summed E-state index contributed by atoms with van der Waals surface area (Å²) in [5.41, 5.74) is 0. The molecule has 1 rings (SSSR count). The summed E-state index contributed by atoms with van der Waals surface area (Å²) in [4.78, 5) is 1.38. The van der Waals surface area contributed by atoms with Crippen LogP contribution in [-0.2, 0) is 11.3 Å². The average molecular weight is 292 g/mol. The number of unbranched alkanes of at least 4 members (excludes halogenated alkanes) is 2. The fraction of sp³-hybridized carbons (Fsp3) is 0.636. The van der Waals surface area contributed by atoms with Gasteiger partial charge in [-0.1, -0.05) is 0 Å². The van der Waals surface area contributed by atoms with Crippen molar-refractivity contribution in [2.24, 2.45) is 0 Å². The molecule has 0 aliphatic rings. The van der Waals surface area contributed by atoms with Gasteiger partial charge in [-0.3, -0.25) is 0 Å². The van der Waals surface area contributed by atoms with Gasteiger partial charge >= 0.3 is 0 Å². The van der Waals surface area contributed by atoms with E-state index in [9.17, 15) is 0 Å². The molecule has 1 aromatic rings. The van der Waals surface area contributed by atoms with Crippen LogP contribution >= 0.6 is 27.3 Å². The number of rotatable bonds is 8. The summed E-state index contributed by atoms with van der Waals surface area (Å²) in [5.74, 6) is 0. The van der Waals surface area contributed by atoms with Gasteiger partial charge in [-0.25, -0.2) is 0 Å². The maximum atomic E-state index is 5.00. The topological polar surface area (TPSA) is 21.3 Å². The highest BCUT2D eigenvalue weighted by Gasteiger charge is 1.99. The summed E-state index contributed by atoms with van der Waals surface area (Å²) in [6.07, 6.45) is 3.64. The second kappa shape index (κ2) is 8.28. The molecule has 0 aliphatic heterocycles. The lowest BCUT2D eigenvalue weighted by molar-refractivity contribution is 0.192. The first kappa shape index (κ1) is 13.2. The van der Waals surface area contributed by atoms with E-state index >= 15 is 0 Å². The van der Waals surface area contributed by atoms with Crippen LogP contribution in [0.2, 0.25) is 0 Å². The molecule has 0 atom stereocenters. The lowest BCUT2D eigenvalue weighted by Gasteiger charge is -2.03. The number of hydrogen-bond donors (Lipinski definition) is 1. The lowest BCUT2D eigenvalue weighted by atomic mass is 10.2. The average Bonchev–Trinajstić information content (AvgIpc) is 2.63. The van der Waals surface area contributed by atoms with Gasteiger partial charge in [-0.05, 0) is 53.2 Å². The molecule has 0 saturated heterocycles. The molecule has 0 spiro atoms. The van der Waals surface area contributed by atoms with Crippen molar-refractivity contribution in [2.45, 2.75) is 25.8 Å². The predicted molar refractivity (Wildman–Crippen MR) is 69.5 cm³/mol. The molecule has 1 heterocycles. The van der Waals surface area contributed by atoms with E-state index < -0.39 is 0 Å². The van der Waals surface area contributed by atoms with Gasteiger partial charge in [0.1, 0.15) is 0 Å². The summed E-state index contributed by atoms with van der Waals surface area (Å²) < 4.78 is 6.22. The monoisotopic (exact) mass is 291 g/mol. The van der Waals surface area contributed by atoms with Crippen molar-refractivity contribution in [1.29, 1.82) is 0 Å². The molecular formula is C11H18BrNOS. The summed E-state index contributed by atoms with van der Waals surface area (Å²) in [7, 11) is 1.76. The fourth-order valence-electron chi connectivity index (χ4n) is 1.33. The molecule has 86 valence electrons. The van der Waals surface area contributed by atoms with Crippen LogP contribution < -0.4 is 5.32 Å². The first-order valence-corrected chi connectivity index (χ1v) is 6.93. The molecule has 0 radical (unpaired) electrons. The molecule has 1 N–H and O–H groups in total. The minimum atomic E-state index is 0.885. The number of halogens is 1. The van der Waals surface area contributed by atoms with Gasteiger partial charge in [-0.2, -0.15) is 0 Å². The zero-order valence-corrected chi connectivity index (χ0v) is 11.5. The Kier molecular flexibility index (Phi) is 7.26. The van der Waals surface area contributed by atoms with Gasteiger partial charge in [0.25, 0.3) is 0 Å². The molecule has 15 heavy (non-hydrogen) atoms. The Morgan fingerprint density at radius 3 is 2.93 bits per heavy atom. The molecular weight excluding hydrogens is 274 g/mol. The predicted octanol–water partition coefficient (Wildman–Crippen LogP) is 3.42. The molecule has 0 bridgehead atoms. The summed E-state index contributed by atoms with van der Waals surface area (Å²) >= 11 is 5.32. The minimum absolute atomic E-state index is 0.885. The fourth-order valence-corrected chi connectivity index (χ4v) is 2.79. The minimum Gasteiger partial charge on any atom is -0.385 e. The van der Waals surface area contributed by atoms with Crippen LogP contribution in [0.25, 0.3) is 0 Å². The van der Waals surface area contributed by atoms with Gasteiger partial charge in [0.15, 0.2) is 0 Å². The normalized spacial score (nSPS) is 10.8. The molecule has 2 nitrogen and oxygen atoms in total. The molecule has 0 fully saturated rings. The molecule has 1 aromatic heterocycles. The van der Waals surface area contributed by atoms with Crippen molar-refractivity contribution >= 4 is 27.3 Å². The van der Waals surface area contributed by atoms with Crippen molar-refractivity contribution in [3.8, 4) is 0 Å². The second-order valence-corrected chi connectivity index (χ2v) is 5.28. The van der Waals surface area contributed by atoms with Gasteiger partial charge in [0.05, 0.1) is 0 Å². The van der Waals surface area contributed by atoms with Gasteiger partial charge in [0, 0.05) is 29.6 Å². The number of methoxy groups -OCH3 is 1. The number of ether oxygens (including phenoxy) is 1. The Bertz CT molecular complexity index is 265. The van der Waals surface area contributed by atoms with Crippen LogP contribution in [0.1, 0.15) is 24.1 Å². The second-order valence-electron chi connectivity index (χ2n) is 3.42. The molecule has 0 unspecified atom stereocenters. The van der Waals surface area contributed by atoms with Gasteiger partial charge < -0.3 is 10.1 Å². The summed E-state index contributed by atoms with van der Waals surface area (Å²) in [6.45, 7) is 2.95. The molecule has 0 saturated carbocycles. The highest BCUT2D eigenvalue weighted by molar-refractivity contribution is 9.10. The molecule has 4 heteroatoms. The highest BCUT2D eigenvalue weighted by Crippen LogP contribution is 2.21. The first-order chi connectivity index (χ1) is 7.34. The third-order valence-corrected chi connectivity index (χ3v) is 4.10. The maximum absolute atomic E-state index is 5.00. The van der Waals surface area contributed by atoms with Crippen LogP contribution in [0.5, 0.6) is 0 Å². The van der Waals surface area contributed by atoms with Gasteiger partial charge in [0.2, 0.25) is 0 Å². The zero-order valence-electron chi connectivity index (χ0n) is 9.09. The SMILES string of the molecule is COCCCCCNCc1sccc1Br. The van der Waals surface area contributed by atoms with Gasteiger partial charge in [-0.15, -0.1) is 11.3 Å². The maximum Gasteiger partial charge on any atom is 0.0462 e. The third kappa shape index (κ3) is 5.66. The van der Waals surface area contributed by atoms with E-state index in [1.807, 2.05) is 0 Å². The van der Waals surface area contributed by atoms with E-state index in [0.29, 0.717) is 0 Å². The number of nitrogens with one attached hydrogen (secondary N) is 1. The Balaban J connectivity index is 1.96. The van der Waals surface area contributed by atoms with E-state index in [-0.39, 0.29) is 0 Å². The van der Waals surface area contributed by atoms with Crippen molar-refractivity contribution in [3.63, 3.8) is 0 Å². The third-order valence-electron chi connectivity index (χ3n) is 2.18. The Hall–Kier alpha value is 0.100. The highest BCUT2D eigenvalue weighted by atomic mass is 79.9. The van der Waals surface area contributed by atoms with Crippen LogP contribution in [0.15, 0.2) is 15.9 Å². The standard InChI is InChI=1S/C11H18BrNOS/c1-14-7-4-2-3-6-13-9-11-10(12)5-8-15-11/h5,8,13H,2-4,6-7,9H2,1H3. The van der Waals surface area contributed by atoms with E-state index in [0.717, 1.165) is 19.7 Å². The number of thiophene rings is 1. The Morgan fingerprint density at radius 2 is 2.27 bits per heavy atom. The van der Waals surface area contributed by atoms with E-state index in [1.165, 1.54) is 28.6 Å². The van der Waals surface area contributed by atoms with Crippen molar-refractivity contribution < 1.29 is 4.74 Å². The van der Waals surface area contributed by atoms with Crippen LogP contribution in [0, 0.1) is 0 Å². The lowest BCUT2D eigenvalue weighted by Crippen LogP contribution is -2.14. The van der Waals surface area contributed by atoms with E-state index in [4.69, 9.17) is 4.74 Å². The van der Waals surface area contributed by atoms with E-state index in [2.05, 4.69) is 32.7 Å². The Labute approximate surface area is 104 Å². The van der Waals surface area contributed by atoms with Crippen LogP contribution in [0.3, 0.4) is 0 Å².